The summed E-state index contributed by atoms with van der Waals surface area (Å²) in [6.07, 6.45) is 6.49. The molecule has 1 aromatic carbocycles. The van der Waals surface area contributed by atoms with Gasteiger partial charge in [-0.1, -0.05) is 90.3 Å². The average molecular weight is 356 g/mol. The molecule has 1 saturated heterocycles. The Hall–Kier alpha value is -1.08. The first-order chi connectivity index (χ1) is 12.5. The Bertz CT molecular complexity index is 575. The van der Waals surface area contributed by atoms with E-state index >= 15 is 0 Å². The molecule has 5 unspecified atom stereocenters. The van der Waals surface area contributed by atoms with Crippen molar-refractivity contribution in [2.24, 2.45) is 17.8 Å². The van der Waals surface area contributed by atoms with E-state index in [1.807, 2.05) is 0 Å². The van der Waals surface area contributed by atoms with Crippen LogP contribution in [0.3, 0.4) is 0 Å². The molecule has 1 nitrogen and oxygen atoms in total. The summed E-state index contributed by atoms with van der Waals surface area (Å²) in [7, 11) is 0. The molecule has 1 aliphatic rings. The molecule has 2 rings (SSSR count). The fourth-order valence-corrected chi connectivity index (χ4v) is 5.28. The zero-order valence-electron chi connectivity index (χ0n) is 18.1. The Balaban J connectivity index is 2.51. The maximum atomic E-state index is 4.64. The lowest BCUT2D eigenvalue weighted by Gasteiger charge is -2.42. The third-order valence-electron chi connectivity index (χ3n) is 6.77. The predicted octanol–water partition coefficient (Wildman–Crippen LogP) is 7.18. The molecule has 146 valence electrons. The van der Waals surface area contributed by atoms with Gasteiger partial charge in [-0.15, -0.1) is 0 Å². The van der Waals surface area contributed by atoms with Crippen molar-refractivity contribution in [3.63, 3.8) is 0 Å². The van der Waals surface area contributed by atoms with Gasteiger partial charge in [-0.3, -0.25) is 4.90 Å². The van der Waals surface area contributed by atoms with Crippen LogP contribution < -0.4 is 0 Å². The zero-order chi connectivity index (χ0) is 19.3. The summed E-state index contributed by atoms with van der Waals surface area (Å²) in [6, 6.07) is 9.99. The summed E-state index contributed by atoms with van der Waals surface area (Å²) >= 11 is 0. The van der Waals surface area contributed by atoms with Gasteiger partial charge >= 0.3 is 0 Å². The van der Waals surface area contributed by atoms with Crippen LogP contribution in [0.25, 0.3) is 0 Å². The van der Waals surface area contributed by atoms with Gasteiger partial charge in [0.1, 0.15) is 0 Å². The van der Waals surface area contributed by atoms with Crippen LogP contribution in [0.15, 0.2) is 36.4 Å². The van der Waals surface area contributed by atoms with Crippen LogP contribution in [-0.4, -0.2) is 17.5 Å². The minimum Gasteiger partial charge on any atom is -0.290 e. The minimum absolute atomic E-state index is 0.367. The van der Waals surface area contributed by atoms with E-state index in [-0.39, 0.29) is 0 Å². The van der Waals surface area contributed by atoms with E-state index in [0.29, 0.717) is 18.0 Å². The van der Waals surface area contributed by atoms with Crippen LogP contribution in [0, 0.1) is 24.7 Å². The fourth-order valence-electron chi connectivity index (χ4n) is 5.28. The molecule has 0 aromatic heterocycles. The van der Waals surface area contributed by atoms with Gasteiger partial charge in [-0.25, -0.2) is 0 Å². The largest absolute Gasteiger partial charge is 0.290 e. The molecule has 0 N–H and O–H groups in total. The lowest BCUT2D eigenvalue weighted by Crippen LogP contribution is -2.43. The molecular weight excluding hydrogens is 314 g/mol. The highest BCUT2D eigenvalue weighted by Gasteiger charge is 2.40. The smallest absolute Gasteiger partial charge is 0.0566 e. The second kappa shape index (κ2) is 9.74. The molecule has 26 heavy (non-hydrogen) atoms. The Morgan fingerprint density at radius 2 is 1.85 bits per heavy atom. The predicted molar refractivity (Wildman–Crippen MR) is 115 cm³/mol. The van der Waals surface area contributed by atoms with Crippen molar-refractivity contribution in [3.8, 4) is 0 Å². The molecule has 1 aliphatic heterocycles. The lowest BCUT2D eigenvalue weighted by atomic mass is 9.77. The van der Waals surface area contributed by atoms with Gasteiger partial charge < -0.3 is 0 Å². The molecule has 1 aromatic rings. The third kappa shape index (κ3) is 4.42. The highest BCUT2D eigenvalue weighted by atomic mass is 15.2. The second-order valence-corrected chi connectivity index (χ2v) is 8.59. The monoisotopic (exact) mass is 355 g/mol. The summed E-state index contributed by atoms with van der Waals surface area (Å²) in [5.41, 5.74) is 4.30. The van der Waals surface area contributed by atoms with Gasteiger partial charge in [0.25, 0.3) is 0 Å². The van der Waals surface area contributed by atoms with E-state index in [2.05, 4.69) is 77.3 Å². The Kier molecular flexibility index (Phi) is 7.95. The molecule has 0 radical (unpaired) electrons. The lowest BCUT2D eigenvalue weighted by molar-refractivity contribution is 0.0859. The topological polar surface area (TPSA) is 3.24 Å². The number of nitrogens with zero attached hydrogens (tertiary/aromatic N) is 1. The molecule has 0 spiro atoms. The fraction of sp³-hybridized carbons (Fsp3) is 0.680. The molecule has 1 heteroatoms. The number of hydrogen-bond donors (Lipinski definition) is 0. The Morgan fingerprint density at radius 1 is 1.15 bits per heavy atom. The van der Waals surface area contributed by atoms with Gasteiger partial charge in [0.2, 0.25) is 0 Å². The number of likely N-dealkylation sites (tertiary alicyclic amines) is 1. The van der Waals surface area contributed by atoms with Crippen molar-refractivity contribution >= 4 is 0 Å². The van der Waals surface area contributed by atoms with E-state index in [1.54, 1.807) is 0 Å². The third-order valence-corrected chi connectivity index (χ3v) is 6.77. The van der Waals surface area contributed by atoms with Crippen molar-refractivity contribution < 1.29 is 0 Å². The van der Waals surface area contributed by atoms with Crippen LogP contribution in [-0.2, 0) is 0 Å². The molecule has 5 atom stereocenters. The maximum Gasteiger partial charge on any atom is 0.0566 e. The van der Waals surface area contributed by atoms with Gasteiger partial charge in [0, 0.05) is 6.04 Å². The van der Waals surface area contributed by atoms with E-state index in [0.717, 1.165) is 18.4 Å². The number of rotatable bonds is 7. The highest BCUT2D eigenvalue weighted by Crippen LogP contribution is 2.45. The van der Waals surface area contributed by atoms with Crippen LogP contribution >= 0.6 is 0 Å². The molecule has 0 aliphatic carbocycles. The Labute approximate surface area is 162 Å². The number of likely N-dealkylation sites (N-methyl/N-ethyl adjacent to an activating group) is 1. The van der Waals surface area contributed by atoms with Gasteiger partial charge in [0.05, 0.1) is 6.04 Å². The quantitative estimate of drug-likeness (QED) is 0.468. The number of aryl methyl sites for hydroxylation is 1. The minimum atomic E-state index is 0.367. The Morgan fingerprint density at radius 3 is 2.42 bits per heavy atom. The van der Waals surface area contributed by atoms with E-state index < -0.39 is 0 Å². The zero-order valence-corrected chi connectivity index (χ0v) is 18.1. The van der Waals surface area contributed by atoms with Crippen molar-refractivity contribution in [2.75, 3.05) is 6.54 Å². The van der Waals surface area contributed by atoms with Gasteiger partial charge in [-0.2, -0.15) is 0 Å². The molecule has 0 saturated carbocycles. The van der Waals surface area contributed by atoms with Crippen molar-refractivity contribution in [2.45, 2.75) is 85.7 Å². The summed E-state index contributed by atoms with van der Waals surface area (Å²) < 4.78 is 0. The molecule has 1 heterocycles. The highest BCUT2D eigenvalue weighted by molar-refractivity contribution is 5.35. The number of benzene rings is 1. The first-order valence-electron chi connectivity index (χ1n) is 11.0. The van der Waals surface area contributed by atoms with Gasteiger partial charge in [-0.05, 0) is 55.2 Å². The molecule has 0 amide bonds. The van der Waals surface area contributed by atoms with Crippen molar-refractivity contribution in [3.05, 3.63) is 47.5 Å². The van der Waals surface area contributed by atoms with E-state index in [1.165, 1.54) is 48.8 Å². The first kappa shape index (κ1) is 21.2. The summed E-state index contributed by atoms with van der Waals surface area (Å²) in [5, 5.41) is 0. The van der Waals surface area contributed by atoms with Crippen LogP contribution in [0.5, 0.6) is 0 Å². The van der Waals surface area contributed by atoms with Crippen LogP contribution in [0.2, 0.25) is 0 Å². The summed E-state index contributed by atoms with van der Waals surface area (Å²) in [5.74, 6) is 2.15. The summed E-state index contributed by atoms with van der Waals surface area (Å²) in [6.45, 7) is 19.9. The van der Waals surface area contributed by atoms with Gasteiger partial charge in [0.15, 0.2) is 0 Å². The molecular formula is C25H41N. The SMILES string of the molecule is C=C1C(C)CC(C(C)CCC)C(CCC)N(CC)C1c1ccccc1C. The van der Waals surface area contributed by atoms with E-state index in [9.17, 15) is 0 Å². The molecule has 0 bridgehead atoms. The van der Waals surface area contributed by atoms with Crippen LogP contribution in [0.4, 0.5) is 0 Å². The molecule has 1 fully saturated rings. The van der Waals surface area contributed by atoms with E-state index in [4.69, 9.17) is 0 Å². The second-order valence-electron chi connectivity index (χ2n) is 8.59. The van der Waals surface area contributed by atoms with Crippen molar-refractivity contribution in [1.82, 2.24) is 4.90 Å². The van der Waals surface area contributed by atoms with Crippen LogP contribution in [0.1, 0.15) is 83.9 Å². The summed E-state index contributed by atoms with van der Waals surface area (Å²) in [4.78, 5) is 2.80. The van der Waals surface area contributed by atoms with Crippen molar-refractivity contribution in [1.29, 1.82) is 0 Å². The standard InChI is InChI=1S/C25H41N/c1-8-13-18(4)23-17-20(6)21(7)25(22-16-12-11-15-19(22)5)26(10-3)24(23)14-9-2/h11-12,15-16,18,20,23-25H,7-10,13-14,17H2,1-6H3. The first-order valence-corrected chi connectivity index (χ1v) is 11.0. The number of hydrogen-bond acceptors (Lipinski definition) is 1. The maximum absolute atomic E-state index is 4.64. The normalized spacial score (nSPS) is 28.8. The average Bonchev–Trinajstić information content (AvgIpc) is 2.72.